The van der Waals surface area contributed by atoms with Crippen molar-refractivity contribution < 1.29 is 56.6 Å². The van der Waals surface area contributed by atoms with Crippen molar-refractivity contribution in [3.8, 4) is 11.5 Å². The summed E-state index contributed by atoms with van der Waals surface area (Å²) < 4.78 is 58.2. The summed E-state index contributed by atoms with van der Waals surface area (Å²) in [4.78, 5) is 12.4. The first-order chi connectivity index (χ1) is 31.5. The van der Waals surface area contributed by atoms with Crippen LogP contribution in [0.4, 0.5) is 0 Å². The van der Waals surface area contributed by atoms with Crippen molar-refractivity contribution >= 4 is 22.4 Å². The molecule has 0 aliphatic carbocycles. The molecule has 67 heavy (non-hydrogen) atoms. The molecule has 0 heterocycles. The maximum atomic E-state index is 12.4. The van der Waals surface area contributed by atoms with Gasteiger partial charge in [-0.15, -0.1) is 13.2 Å². The number of aliphatic hydroxyl groups is 1. The predicted octanol–water partition coefficient (Wildman–Crippen LogP) is 11.7. The standard InChI is InChI=1S/C27H46O6Si.C26H46O6Si/c1-10-11-25(21(2)28)26(32-20-29-6)18-24(33-34(8,9)27(3,4)5)16-17-31-19-22-12-14-23(30-7)15-13-22;1-9-10-22(18-27)25(31-20-28-5)17-24(32-33(7,8)26(2,3)4)15-16-30-19-21-11-13-23(29-6)14-12-21/h10,12-15,24-26H,1,11,16-20H2,2-9H3;9,11-14,22,24-25,27H,1,10,15-20H2,2-8H3/t24-,25-,26-;22-,24-,25-/m11/s1. The van der Waals surface area contributed by atoms with Gasteiger partial charge in [0.15, 0.2) is 16.6 Å². The van der Waals surface area contributed by atoms with Gasteiger partial charge in [-0.1, -0.05) is 78.0 Å². The van der Waals surface area contributed by atoms with E-state index in [0.717, 1.165) is 29.0 Å². The average Bonchev–Trinajstić information content (AvgIpc) is 3.27. The minimum absolute atomic E-state index is 0.0290. The Kier molecular flexibility index (Phi) is 29.9. The number of hydrogen-bond acceptors (Lipinski definition) is 12. The van der Waals surface area contributed by atoms with E-state index >= 15 is 0 Å². The summed E-state index contributed by atoms with van der Waals surface area (Å²) in [6, 6.07) is 15.8. The van der Waals surface area contributed by atoms with Crippen molar-refractivity contribution in [2.75, 3.05) is 61.8 Å². The van der Waals surface area contributed by atoms with Gasteiger partial charge in [-0.3, -0.25) is 4.79 Å². The van der Waals surface area contributed by atoms with E-state index in [2.05, 4.69) is 80.9 Å². The van der Waals surface area contributed by atoms with Gasteiger partial charge in [-0.25, -0.2) is 0 Å². The van der Waals surface area contributed by atoms with E-state index in [-0.39, 0.29) is 72.3 Å². The SMILES string of the molecule is C=CC[C@H](C(C)=O)[C@@H](C[C@@H](CCOCc1ccc(OC)cc1)O[Si](C)(C)C(C)(C)C)OCOC.C=CC[C@H](CO)[C@@H](C[C@@H](CCOCc1ccc(OC)cc1)O[Si](C)(C)C(C)(C)C)OCOC. The molecule has 0 fully saturated rings. The second-order valence-electron chi connectivity index (χ2n) is 20.3. The molecule has 12 nitrogen and oxygen atoms in total. The molecule has 0 amide bonds. The lowest BCUT2D eigenvalue weighted by Crippen LogP contribution is -2.46. The van der Waals surface area contributed by atoms with Crippen LogP contribution in [0.3, 0.4) is 0 Å². The zero-order chi connectivity index (χ0) is 50.7. The number of ketones is 1. The molecule has 0 saturated heterocycles. The smallest absolute Gasteiger partial charge is 0.192 e. The molecular formula is C53H92O12Si2. The maximum Gasteiger partial charge on any atom is 0.192 e. The van der Waals surface area contributed by atoms with Crippen LogP contribution in [0.15, 0.2) is 73.8 Å². The zero-order valence-electron chi connectivity index (χ0n) is 44.3. The molecule has 0 radical (unpaired) electrons. The second kappa shape index (κ2) is 32.2. The Bertz CT molecular complexity index is 1620. The molecule has 2 rings (SSSR count). The third-order valence-electron chi connectivity index (χ3n) is 13.0. The van der Waals surface area contributed by atoms with E-state index in [1.165, 1.54) is 0 Å². The molecule has 1 N–H and O–H groups in total. The number of allylic oxidation sites excluding steroid dienone is 2. The number of ether oxygens (including phenoxy) is 8. The average molecular weight is 977 g/mol. The summed E-state index contributed by atoms with van der Waals surface area (Å²) in [5.41, 5.74) is 2.19. The molecule has 14 heteroatoms. The fourth-order valence-corrected chi connectivity index (χ4v) is 9.58. The Morgan fingerprint density at radius 2 is 1.03 bits per heavy atom. The first-order valence-corrected chi connectivity index (χ1v) is 29.7. The molecule has 0 spiro atoms. The lowest BCUT2D eigenvalue weighted by molar-refractivity contribution is -0.136. The third kappa shape index (κ3) is 24.1. The Labute approximate surface area is 408 Å². The lowest BCUT2D eigenvalue weighted by atomic mass is 9.90. The van der Waals surface area contributed by atoms with Crippen molar-refractivity contribution in [1.29, 1.82) is 0 Å². The largest absolute Gasteiger partial charge is 0.497 e. The summed E-state index contributed by atoms with van der Waals surface area (Å²) in [5, 5.41) is 10.1. The predicted molar refractivity (Wildman–Crippen MR) is 276 cm³/mol. The fourth-order valence-electron chi connectivity index (χ4n) is 6.78. The minimum Gasteiger partial charge on any atom is -0.497 e. The summed E-state index contributed by atoms with van der Waals surface area (Å²) in [7, 11) is 2.46. The van der Waals surface area contributed by atoms with Crippen LogP contribution in [0, 0.1) is 11.8 Å². The highest BCUT2D eigenvalue weighted by Crippen LogP contribution is 2.40. The van der Waals surface area contributed by atoms with Crippen LogP contribution in [0.25, 0.3) is 0 Å². The molecule has 0 bridgehead atoms. The van der Waals surface area contributed by atoms with Crippen LogP contribution in [0.5, 0.6) is 11.5 Å². The highest BCUT2D eigenvalue weighted by molar-refractivity contribution is 6.74. The van der Waals surface area contributed by atoms with Crippen LogP contribution in [-0.4, -0.2) is 114 Å². The molecule has 0 saturated carbocycles. The van der Waals surface area contributed by atoms with Crippen LogP contribution >= 0.6 is 0 Å². The number of carbonyl (C=O) groups is 1. The first kappa shape index (κ1) is 62.3. The van der Waals surface area contributed by atoms with Crippen molar-refractivity contribution in [2.45, 2.75) is 161 Å². The third-order valence-corrected chi connectivity index (χ3v) is 22.0. The van der Waals surface area contributed by atoms with E-state index < -0.39 is 16.6 Å². The molecule has 384 valence electrons. The lowest BCUT2D eigenvalue weighted by Gasteiger charge is -2.40. The summed E-state index contributed by atoms with van der Waals surface area (Å²) in [6.07, 6.45) is 6.93. The van der Waals surface area contributed by atoms with Crippen LogP contribution < -0.4 is 9.47 Å². The summed E-state index contributed by atoms with van der Waals surface area (Å²) >= 11 is 0. The molecule has 6 atom stereocenters. The van der Waals surface area contributed by atoms with Gasteiger partial charge in [0.1, 0.15) is 30.9 Å². The summed E-state index contributed by atoms with van der Waals surface area (Å²) in [5.74, 6) is 1.42. The van der Waals surface area contributed by atoms with Gasteiger partial charge >= 0.3 is 0 Å². The normalized spacial score (nSPS) is 15.0. The van der Waals surface area contributed by atoms with Gasteiger partial charge in [0.2, 0.25) is 0 Å². The van der Waals surface area contributed by atoms with Gasteiger partial charge in [-0.05, 0) is 117 Å². The van der Waals surface area contributed by atoms with Crippen LogP contribution in [-0.2, 0) is 55.3 Å². The minimum atomic E-state index is -2.04. The monoisotopic (exact) mass is 977 g/mol. The Hall–Kier alpha value is -2.74. The molecule has 0 aliphatic heterocycles. The number of Topliss-reactive ketones (excluding diaryl/α,β-unsaturated/α-hetero) is 1. The number of carbonyl (C=O) groups excluding carboxylic acids is 1. The zero-order valence-corrected chi connectivity index (χ0v) is 46.3. The second-order valence-corrected chi connectivity index (χ2v) is 29.8. The van der Waals surface area contributed by atoms with E-state index in [0.29, 0.717) is 58.5 Å². The number of methoxy groups -OCH3 is 4. The topological polar surface area (TPSA) is 130 Å². The van der Waals surface area contributed by atoms with Gasteiger partial charge in [0, 0.05) is 58.1 Å². The molecule has 2 aromatic carbocycles. The molecule has 0 aliphatic rings. The Morgan fingerprint density at radius 1 is 0.642 bits per heavy atom. The van der Waals surface area contributed by atoms with Gasteiger partial charge in [0.25, 0.3) is 0 Å². The van der Waals surface area contributed by atoms with Crippen molar-refractivity contribution in [3.63, 3.8) is 0 Å². The van der Waals surface area contributed by atoms with Crippen molar-refractivity contribution in [2.24, 2.45) is 11.8 Å². The highest BCUT2D eigenvalue weighted by atomic mass is 28.4. The van der Waals surface area contributed by atoms with E-state index in [1.807, 2.05) is 54.6 Å². The van der Waals surface area contributed by atoms with Gasteiger partial charge in [-0.2, -0.15) is 0 Å². The summed E-state index contributed by atoms with van der Waals surface area (Å²) in [6.45, 7) is 34.2. The van der Waals surface area contributed by atoms with Crippen LogP contribution in [0.2, 0.25) is 36.3 Å². The number of hydrogen-bond donors (Lipinski definition) is 1. The first-order valence-electron chi connectivity index (χ1n) is 23.8. The Morgan fingerprint density at radius 3 is 1.36 bits per heavy atom. The highest BCUT2D eigenvalue weighted by Gasteiger charge is 2.41. The van der Waals surface area contributed by atoms with Crippen molar-refractivity contribution in [3.05, 3.63) is 85.0 Å². The fraction of sp³-hybridized carbons (Fsp3) is 0.679. The Balaban J connectivity index is 0.000000670. The quantitative estimate of drug-likeness (QED) is 0.0310. The number of benzene rings is 2. The van der Waals surface area contributed by atoms with Crippen LogP contribution in [0.1, 0.15) is 98.1 Å². The van der Waals surface area contributed by atoms with Gasteiger partial charge in [0.05, 0.1) is 39.6 Å². The molecule has 2 aromatic rings. The van der Waals surface area contributed by atoms with E-state index in [9.17, 15) is 9.90 Å². The molecule has 0 unspecified atom stereocenters. The number of rotatable bonds is 34. The molecular weight excluding hydrogens is 885 g/mol. The van der Waals surface area contributed by atoms with Crippen molar-refractivity contribution in [1.82, 2.24) is 0 Å². The van der Waals surface area contributed by atoms with Gasteiger partial charge < -0.3 is 51.9 Å². The molecule has 0 aromatic heterocycles. The number of aliphatic hydroxyl groups excluding tert-OH is 1. The maximum absolute atomic E-state index is 12.4. The van der Waals surface area contributed by atoms with E-state index in [1.54, 1.807) is 41.4 Å². The van der Waals surface area contributed by atoms with E-state index in [4.69, 9.17) is 46.7 Å².